The Kier molecular flexibility index (Phi) is 4.74. The third-order valence-corrected chi connectivity index (χ3v) is 3.07. The molecule has 1 aromatic carbocycles. The highest BCUT2D eigenvalue weighted by molar-refractivity contribution is 5.34. The van der Waals surface area contributed by atoms with Crippen molar-refractivity contribution in [2.24, 2.45) is 0 Å². The van der Waals surface area contributed by atoms with Crippen LogP contribution in [0.5, 0.6) is 5.75 Å². The minimum absolute atomic E-state index is 0.255. The zero-order valence-corrected chi connectivity index (χ0v) is 12.1. The van der Waals surface area contributed by atoms with Crippen molar-refractivity contribution in [3.05, 3.63) is 47.8 Å². The quantitative estimate of drug-likeness (QED) is 0.882. The lowest BCUT2D eigenvalue weighted by Crippen LogP contribution is -2.10. The van der Waals surface area contributed by atoms with E-state index in [-0.39, 0.29) is 5.82 Å². The molecule has 0 aliphatic rings. The number of nitrogens with zero attached hydrogens (tertiary/aromatic N) is 2. The summed E-state index contributed by atoms with van der Waals surface area (Å²) in [7, 11) is 1.82. The average Bonchev–Trinajstić information content (AvgIpc) is 2.87. The number of hydrogen-bond acceptors (Lipinski definition) is 3. The summed E-state index contributed by atoms with van der Waals surface area (Å²) >= 11 is 0. The lowest BCUT2D eigenvalue weighted by Gasteiger charge is -2.14. The first-order chi connectivity index (χ1) is 9.61. The maximum Gasteiger partial charge on any atom is 0.130 e. The molecule has 0 aliphatic heterocycles. The van der Waals surface area contributed by atoms with Crippen molar-refractivity contribution < 1.29 is 9.13 Å². The maximum atomic E-state index is 13.3. The highest BCUT2D eigenvalue weighted by atomic mass is 19.1. The zero-order chi connectivity index (χ0) is 14.5. The van der Waals surface area contributed by atoms with Crippen LogP contribution in [0.25, 0.3) is 0 Å². The third-order valence-electron chi connectivity index (χ3n) is 3.07. The van der Waals surface area contributed by atoms with Crippen molar-refractivity contribution in [2.75, 3.05) is 7.05 Å². The fourth-order valence-corrected chi connectivity index (χ4v) is 2.08. The molecule has 0 amide bonds. The number of rotatable bonds is 6. The Morgan fingerprint density at radius 2 is 2.20 bits per heavy atom. The van der Waals surface area contributed by atoms with Crippen LogP contribution in [0.15, 0.2) is 30.7 Å². The molecule has 20 heavy (non-hydrogen) atoms. The molecular weight excluding hydrogens is 257 g/mol. The second-order valence-electron chi connectivity index (χ2n) is 4.96. The van der Waals surface area contributed by atoms with Crippen LogP contribution >= 0.6 is 0 Å². The van der Waals surface area contributed by atoms with E-state index in [0.29, 0.717) is 24.9 Å². The minimum atomic E-state index is -0.255. The molecule has 4 nitrogen and oxygen atoms in total. The first-order valence-electron chi connectivity index (χ1n) is 6.68. The Labute approximate surface area is 118 Å². The SMILES string of the molecule is CNCc1cc(F)ccc1OCc1cncn1C(C)C. The van der Waals surface area contributed by atoms with Gasteiger partial charge in [0, 0.05) is 18.2 Å². The van der Waals surface area contributed by atoms with E-state index in [1.54, 1.807) is 18.6 Å². The molecule has 1 aromatic heterocycles. The van der Waals surface area contributed by atoms with Gasteiger partial charge in [-0.15, -0.1) is 0 Å². The summed E-state index contributed by atoms with van der Waals surface area (Å²) in [6, 6.07) is 4.90. The molecule has 0 spiro atoms. The fraction of sp³-hybridized carbons (Fsp3) is 0.400. The summed E-state index contributed by atoms with van der Waals surface area (Å²) in [6.07, 6.45) is 3.59. The molecule has 108 valence electrons. The van der Waals surface area contributed by atoms with E-state index >= 15 is 0 Å². The number of benzene rings is 1. The molecule has 0 radical (unpaired) electrons. The molecule has 0 saturated heterocycles. The summed E-state index contributed by atoms with van der Waals surface area (Å²) < 4.78 is 21.1. The van der Waals surface area contributed by atoms with Gasteiger partial charge in [-0.25, -0.2) is 9.37 Å². The van der Waals surface area contributed by atoms with E-state index in [9.17, 15) is 4.39 Å². The van der Waals surface area contributed by atoms with E-state index < -0.39 is 0 Å². The van der Waals surface area contributed by atoms with Crippen molar-refractivity contribution in [1.82, 2.24) is 14.9 Å². The Morgan fingerprint density at radius 3 is 2.90 bits per heavy atom. The molecule has 2 rings (SSSR count). The van der Waals surface area contributed by atoms with E-state index in [1.807, 2.05) is 7.05 Å². The standard InChI is InChI=1S/C15H20FN3O/c1-11(2)19-10-18-8-14(19)9-20-15-5-4-13(16)6-12(15)7-17-3/h4-6,8,10-11,17H,7,9H2,1-3H3. The number of aromatic nitrogens is 2. The van der Waals surface area contributed by atoms with Gasteiger partial charge in [-0.3, -0.25) is 0 Å². The maximum absolute atomic E-state index is 13.3. The van der Waals surface area contributed by atoms with Gasteiger partial charge < -0.3 is 14.6 Å². The van der Waals surface area contributed by atoms with Crippen LogP contribution in [0.2, 0.25) is 0 Å². The Morgan fingerprint density at radius 1 is 1.40 bits per heavy atom. The van der Waals surface area contributed by atoms with Gasteiger partial charge in [0.05, 0.1) is 18.2 Å². The molecule has 0 fully saturated rings. The van der Waals surface area contributed by atoms with Crippen molar-refractivity contribution in [3.63, 3.8) is 0 Å². The van der Waals surface area contributed by atoms with Crippen molar-refractivity contribution >= 4 is 0 Å². The summed E-state index contributed by atoms with van der Waals surface area (Å²) in [6.45, 7) is 5.17. The second kappa shape index (κ2) is 6.52. The van der Waals surface area contributed by atoms with Crippen LogP contribution in [-0.4, -0.2) is 16.6 Å². The van der Waals surface area contributed by atoms with Gasteiger partial charge in [0.1, 0.15) is 18.2 Å². The Hall–Kier alpha value is -1.88. The number of ether oxygens (including phenoxy) is 1. The summed E-state index contributed by atoms with van der Waals surface area (Å²) in [5, 5.41) is 3.01. The Bertz CT molecular complexity index is 566. The third kappa shape index (κ3) is 3.36. The van der Waals surface area contributed by atoms with Gasteiger partial charge in [0.25, 0.3) is 0 Å². The predicted octanol–water partition coefficient (Wildman–Crippen LogP) is 2.90. The predicted molar refractivity (Wildman–Crippen MR) is 76.1 cm³/mol. The van der Waals surface area contributed by atoms with Crippen molar-refractivity contribution in [2.45, 2.75) is 33.0 Å². The molecule has 2 aromatic rings. The van der Waals surface area contributed by atoms with E-state index in [2.05, 4.69) is 28.7 Å². The molecule has 0 atom stereocenters. The van der Waals surface area contributed by atoms with Crippen LogP contribution in [-0.2, 0) is 13.2 Å². The summed E-state index contributed by atoms with van der Waals surface area (Å²) in [5.74, 6) is 0.437. The van der Waals surface area contributed by atoms with Gasteiger partial charge in [-0.1, -0.05) is 0 Å². The van der Waals surface area contributed by atoms with Crippen LogP contribution in [0.1, 0.15) is 31.1 Å². The fourth-order valence-electron chi connectivity index (χ4n) is 2.08. The number of halogens is 1. The van der Waals surface area contributed by atoms with Crippen molar-refractivity contribution in [1.29, 1.82) is 0 Å². The topological polar surface area (TPSA) is 39.1 Å². The highest BCUT2D eigenvalue weighted by Crippen LogP contribution is 2.21. The average molecular weight is 277 g/mol. The van der Waals surface area contributed by atoms with Gasteiger partial charge in [-0.05, 0) is 39.1 Å². The number of nitrogens with one attached hydrogen (secondary N) is 1. The normalized spacial score (nSPS) is 11.1. The molecule has 0 unspecified atom stereocenters. The van der Waals surface area contributed by atoms with Gasteiger partial charge in [-0.2, -0.15) is 0 Å². The largest absolute Gasteiger partial charge is 0.487 e. The lowest BCUT2D eigenvalue weighted by molar-refractivity contribution is 0.288. The number of hydrogen-bond donors (Lipinski definition) is 1. The first-order valence-corrected chi connectivity index (χ1v) is 6.68. The molecule has 1 heterocycles. The van der Waals surface area contributed by atoms with Crippen LogP contribution in [0, 0.1) is 5.82 Å². The second-order valence-corrected chi connectivity index (χ2v) is 4.96. The molecule has 5 heteroatoms. The smallest absolute Gasteiger partial charge is 0.130 e. The van der Waals surface area contributed by atoms with Crippen LogP contribution in [0.3, 0.4) is 0 Å². The van der Waals surface area contributed by atoms with Gasteiger partial charge >= 0.3 is 0 Å². The molecule has 0 bridgehead atoms. The molecule has 0 aliphatic carbocycles. The van der Waals surface area contributed by atoms with E-state index in [0.717, 1.165) is 11.3 Å². The first kappa shape index (κ1) is 14.5. The Balaban J connectivity index is 2.12. The van der Waals surface area contributed by atoms with Gasteiger partial charge in [0.2, 0.25) is 0 Å². The highest BCUT2D eigenvalue weighted by Gasteiger charge is 2.09. The minimum Gasteiger partial charge on any atom is -0.487 e. The van der Waals surface area contributed by atoms with Crippen molar-refractivity contribution in [3.8, 4) is 5.75 Å². The monoisotopic (exact) mass is 277 g/mol. The summed E-state index contributed by atoms with van der Waals surface area (Å²) in [5.41, 5.74) is 1.81. The molecule has 1 N–H and O–H groups in total. The number of imidazole rings is 1. The van der Waals surface area contributed by atoms with E-state index in [4.69, 9.17) is 4.74 Å². The van der Waals surface area contributed by atoms with Crippen LogP contribution < -0.4 is 10.1 Å². The molecule has 0 saturated carbocycles. The zero-order valence-electron chi connectivity index (χ0n) is 12.1. The lowest BCUT2D eigenvalue weighted by atomic mass is 10.2. The van der Waals surface area contributed by atoms with E-state index in [1.165, 1.54) is 12.1 Å². The summed E-state index contributed by atoms with van der Waals surface area (Å²) in [4.78, 5) is 4.14. The molecular formula is C15H20FN3O. The van der Waals surface area contributed by atoms with Crippen LogP contribution in [0.4, 0.5) is 4.39 Å². The van der Waals surface area contributed by atoms with Gasteiger partial charge in [0.15, 0.2) is 0 Å².